The van der Waals surface area contributed by atoms with Crippen LogP contribution in [0.3, 0.4) is 0 Å². The molecule has 0 saturated carbocycles. The third-order valence-corrected chi connectivity index (χ3v) is 6.92. The fourth-order valence-corrected chi connectivity index (χ4v) is 5.17. The van der Waals surface area contributed by atoms with Crippen molar-refractivity contribution in [3.05, 3.63) is 34.1 Å². The second-order valence-corrected chi connectivity index (χ2v) is 8.83. The predicted molar refractivity (Wildman–Crippen MR) is 111 cm³/mol. The van der Waals surface area contributed by atoms with E-state index in [1.807, 2.05) is 0 Å². The molecule has 0 amide bonds. The molecule has 11 nitrogen and oxygen atoms in total. The first-order valence-electron chi connectivity index (χ1n) is 10.2. The monoisotopic (exact) mass is 524 g/mol. The number of halogens is 5. The van der Waals surface area contributed by atoms with Gasteiger partial charge in [0.25, 0.3) is 0 Å². The highest BCUT2D eigenvalue weighted by molar-refractivity contribution is 6.31. The quantitative estimate of drug-likeness (QED) is 0.242. The van der Waals surface area contributed by atoms with E-state index in [4.69, 9.17) is 21.7 Å². The Morgan fingerprint density at radius 3 is 2.63 bits per heavy atom. The van der Waals surface area contributed by atoms with Gasteiger partial charge in [0.05, 0.1) is 35.8 Å². The minimum Gasteiger partial charge on any atom is -0.454 e. The lowest BCUT2D eigenvalue weighted by molar-refractivity contribution is -0.228. The van der Waals surface area contributed by atoms with Gasteiger partial charge in [-0.2, -0.15) is 18.2 Å². The average molecular weight is 525 g/mol. The van der Waals surface area contributed by atoms with Crippen LogP contribution in [0.4, 0.5) is 17.6 Å². The maximum absolute atomic E-state index is 14.6. The van der Waals surface area contributed by atoms with E-state index in [9.17, 15) is 37.8 Å². The van der Waals surface area contributed by atoms with Gasteiger partial charge in [-0.1, -0.05) is 11.6 Å². The number of nitrogens with zero attached hydrogens (tertiary/aromatic N) is 3. The van der Waals surface area contributed by atoms with Crippen LogP contribution in [0.5, 0.6) is 0 Å². The summed E-state index contributed by atoms with van der Waals surface area (Å²) in [5.41, 5.74) is -7.38. The second kappa shape index (κ2) is 8.08. The topological polar surface area (TPSA) is 154 Å². The minimum atomic E-state index is -5.12. The van der Waals surface area contributed by atoms with Gasteiger partial charge in [0.15, 0.2) is 23.5 Å². The first-order chi connectivity index (χ1) is 16.2. The number of hydrogen-bond acceptors (Lipinski definition) is 7. The minimum absolute atomic E-state index is 0.151. The zero-order valence-electron chi connectivity index (χ0n) is 18.2. The van der Waals surface area contributed by atoms with Gasteiger partial charge < -0.3 is 30.5 Å². The Kier molecular flexibility index (Phi) is 5.82. The average Bonchev–Trinajstić information content (AvgIpc) is 3.21. The normalized spacial score (nSPS) is 33.4. The molecule has 6 N–H and O–H groups in total. The summed E-state index contributed by atoms with van der Waals surface area (Å²) in [5, 5.41) is 46.0. The van der Waals surface area contributed by atoms with Crippen molar-refractivity contribution >= 4 is 29.5 Å². The van der Waals surface area contributed by atoms with Crippen molar-refractivity contribution in [1.29, 1.82) is 5.41 Å². The number of hydrogen-bond donors (Lipinski definition) is 6. The molecule has 1 aromatic carbocycles. The molecular weight excluding hydrogens is 504 g/mol. The number of hydroxylamine groups is 2. The molecule has 1 spiro atoms. The van der Waals surface area contributed by atoms with E-state index in [0.717, 1.165) is 11.8 Å². The number of esters is 1. The van der Waals surface area contributed by atoms with Gasteiger partial charge in [-0.25, -0.2) is 9.18 Å². The van der Waals surface area contributed by atoms with E-state index < -0.39 is 76.7 Å². The Morgan fingerprint density at radius 2 is 2.06 bits per heavy atom. The number of alkyl halides is 3. The number of carbonyl (C=O) groups is 1. The van der Waals surface area contributed by atoms with E-state index in [1.165, 1.54) is 7.05 Å². The predicted octanol–water partition coefficient (Wildman–Crippen LogP) is 0.334. The number of nitrogens with one attached hydrogen (secondary N) is 3. The number of guanidine groups is 2. The van der Waals surface area contributed by atoms with Crippen LogP contribution in [0.25, 0.3) is 0 Å². The highest BCUT2D eigenvalue weighted by atomic mass is 35.5. The van der Waals surface area contributed by atoms with Crippen LogP contribution in [-0.2, 0) is 10.9 Å². The zero-order chi connectivity index (χ0) is 26.1. The highest BCUT2D eigenvalue weighted by Crippen LogP contribution is 2.49. The molecule has 3 saturated heterocycles. The van der Waals surface area contributed by atoms with Crippen LogP contribution in [0.15, 0.2) is 17.1 Å². The lowest BCUT2D eigenvalue weighted by Gasteiger charge is -2.53. The molecule has 3 fully saturated rings. The van der Waals surface area contributed by atoms with E-state index in [0.29, 0.717) is 17.2 Å². The summed E-state index contributed by atoms with van der Waals surface area (Å²) >= 11 is 5.60. The van der Waals surface area contributed by atoms with Crippen molar-refractivity contribution in [2.75, 3.05) is 20.2 Å². The Hall–Kier alpha value is -2.88. The number of aliphatic imine (C=N–C) groups is 1. The van der Waals surface area contributed by atoms with Crippen molar-refractivity contribution in [2.45, 2.75) is 42.6 Å². The van der Waals surface area contributed by atoms with Crippen molar-refractivity contribution in [2.24, 2.45) is 4.99 Å². The number of aliphatic hydroxyl groups excluding tert-OH is 1. The van der Waals surface area contributed by atoms with Gasteiger partial charge in [0.1, 0.15) is 11.2 Å². The highest BCUT2D eigenvalue weighted by Gasteiger charge is 2.76. The molecule has 3 aliphatic heterocycles. The Bertz CT molecular complexity index is 1120. The molecule has 1 aromatic rings. The summed E-state index contributed by atoms with van der Waals surface area (Å²) in [6, 6.07) is -0.903. The Labute approximate surface area is 200 Å². The zero-order valence-corrected chi connectivity index (χ0v) is 18.9. The number of carbonyl (C=O) groups excluding carboxylic acids is 1. The maximum atomic E-state index is 14.6. The molecule has 3 aliphatic rings. The second-order valence-electron chi connectivity index (χ2n) is 8.42. The molecule has 16 heteroatoms. The molecule has 0 aromatic heterocycles. The SMILES string of the molecule is C/N=C1\NC2C(CO)NC(=N)N3C[C@H](OC(=O)c4c(C(F)(F)F)ccc(Cl)c4F)[C@](C)(O)C23N1O. The van der Waals surface area contributed by atoms with Gasteiger partial charge >= 0.3 is 12.1 Å². The molecule has 0 radical (unpaired) electrons. The van der Waals surface area contributed by atoms with Crippen LogP contribution >= 0.6 is 11.6 Å². The molecule has 0 bridgehead atoms. The van der Waals surface area contributed by atoms with Gasteiger partial charge in [-0.3, -0.25) is 15.6 Å². The van der Waals surface area contributed by atoms with Crippen LogP contribution in [-0.4, -0.2) is 92.9 Å². The summed E-state index contributed by atoms with van der Waals surface area (Å²) < 4.78 is 60.2. The van der Waals surface area contributed by atoms with Gasteiger partial charge in [0, 0.05) is 7.05 Å². The molecule has 5 atom stereocenters. The van der Waals surface area contributed by atoms with E-state index in [1.54, 1.807) is 0 Å². The Balaban J connectivity index is 1.78. The fraction of sp³-hybridized carbons (Fsp3) is 0.526. The number of benzene rings is 1. The molecule has 3 unspecified atom stereocenters. The first kappa shape index (κ1) is 25.2. The van der Waals surface area contributed by atoms with Crippen LogP contribution in [0.1, 0.15) is 22.8 Å². The van der Waals surface area contributed by atoms with Crippen LogP contribution < -0.4 is 10.6 Å². The fourth-order valence-electron chi connectivity index (χ4n) is 5.02. The van der Waals surface area contributed by atoms with Crippen molar-refractivity contribution in [3.8, 4) is 0 Å². The molecule has 3 heterocycles. The lowest BCUT2D eigenvalue weighted by Crippen LogP contribution is -2.80. The van der Waals surface area contributed by atoms with E-state index in [2.05, 4.69) is 15.6 Å². The van der Waals surface area contributed by atoms with E-state index >= 15 is 0 Å². The third kappa shape index (κ3) is 3.32. The summed E-state index contributed by atoms with van der Waals surface area (Å²) in [6.07, 6.45) is -6.80. The Morgan fingerprint density at radius 1 is 1.40 bits per heavy atom. The third-order valence-electron chi connectivity index (χ3n) is 6.63. The van der Waals surface area contributed by atoms with Gasteiger partial charge in [-0.15, -0.1) is 0 Å². The lowest BCUT2D eigenvalue weighted by atomic mass is 9.79. The molecule has 4 rings (SSSR count). The summed E-state index contributed by atoms with van der Waals surface area (Å²) in [7, 11) is 1.32. The van der Waals surface area contributed by atoms with E-state index in [-0.39, 0.29) is 11.9 Å². The molecular formula is C19H21ClF4N6O5. The van der Waals surface area contributed by atoms with Crippen molar-refractivity contribution in [3.63, 3.8) is 0 Å². The standard InChI is InChI=1S/C19H21ClF4N6O5/c1-17(33)10(35-14(32)11-7(19(22,23)24)3-4-8(20)12(11)21)5-29-15(25)27-9(6-31)13-18(17,29)30(34)16(26-2)28-13/h3-4,9-10,13,31,33-34H,5-6H2,1-2H3,(H2,25,27)(H,26,28)/t9?,10-,13?,17-,18?/m0/s1. The number of rotatable bonds is 3. The van der Waals surface area contributed by atoms with Crippen molar-refractivity contribution < 1.29 is 42.5 Å². The van der Waals surface area contributed by atoms with Gasteiger partial charge in [-0.05, 0) is 19.1 Å². The molecule has 0 aliphatic carbocycles. The van der Waals surface area contributed by atoms with Crippen LogP contribution in [0.2, 0.25) is 5.02 Å². The number of aliphatic hydroxyl groups is 2. The maximum Gasteiger partial charge on any atom is 0.417 e. The first-order valence-corrected chi connectivity index (χ1v) is 10.6. The molecule has 192 valence electrons. The number of ether oxygens (including phenoxy) is 1. The van der Waals surface area contributed by atoms with Crippen LogP contribution in [0, 0.1) is 11.2 Å². The molecule has 35 heavy (non-hydrogen) atoms. The summed E-state index contributed by atoms with van der Waals surface area (Å²) in [4.78, 5) is 17.8. The van der Waals surface area contributed by atoms with Gasteiger partial charge in [0.2, 0.25) is 5.96 Å². The van der Waals surface area contributed by atoms with Crippen molar-refractivity contribution in [1.82, 2.24) is 20.6 Å². The largest absolute Gasteiger partial charge is 0.454 e. The smallest absolute Gasteiger partial charge is 0.417 e. The summed E-state index contributed by atoms with van der Waals surface area (Å²) in [5.74, 6) is -3.95. The summed E-state index contributed by atoms with van der Waals surface area (Å²) in [6.45, 7) is 0.0929.